The van der Waals surface area contributed by atoms with Gasteiger partial charge in [-0.05, 0) is 18.6 Å². The lowest BCUT2D eigenvalue weighted by molar-refractivity contribution is -0.136. The largest absolute Gasteiger partial charge is 0.418 e. The van der Waals surface area contributed by atoms with E-state index >= 15 is 0 Å². The third-order valence-corrected chi connectivity index (χ3v) is 2.09. The van der Waals surface area contributed by atoms with Gasteiger partial charge in [0.25, 0.3) is 0 Å². The zero-order chi connectivity index (χ0) is 10.3. The number of halogens is 3. The first kappa shape index (κ1) is 9.05. The molecule has 2 aromatic rings. The molecule has 1 aromatic heterocycles. The van der Waals surface area contributed by atoms with E-state index in [1.807, 2.05) is 0 Å². The molecular weight excluding hydrogens is 193 g/mol. The molecule has 0 saturated heterocycles. The molecule has 0 aliphatic heterocycles. The van der Waals surface area contributed by atoms with Gasteiger partial charge in [0.15, 0.2) is 0 Å². The minimum Gasteiger partial charge on any atom is -0.344 e. The molecule has 0 spiro atoms. The molecule has 0 unspecified atom stereocenters. The first-order valence-electron chi connectivity index (χ1n) is 4.00. The second-order valence-corrected chi connectivity index (χ2v) is 3.05. The smallest absolute Gasteiger partial charge is 0.344 e. The highest BCUT2D eigenvalue weighted by atomic mass is 19.4. The highest BCUT2D eigenvalue weighted by Gasteiger charge is 2.33. The summed E-state index contributed by atoms with van der Waals surface area (Å²) in [6.07, 6.45) is -3.06. The van der Waals surface area contributed by atoms with Crippen molar-refractivity contribution in [2.45, 2.75) is 13.1 Å². The molecule has 0 aliphatic rings. The van der Waals surface area contributed by atoms with Crippen LogP contribution in [0.25, 0.3) is 11.0 Å². The van der Waals surface area contributed by atoms with Crippen molar-refractivity contribution in [1.29, 1.82) is 0 Å². The van der Waals surface area contributed by atoms with Crippen LogP contribution >= 0.6 is 0 Å². The molecule has 2 rings (SSSR count). The standard InChI is InChI=1S/C9H7F3N2/c1-5-2-3-6(9(10,11)12)8-7(5)13-4-14-8/h2-4H,1H3,(H,13,14). The molecule has 0 amide bonds. The summed E-state index contributed by atoms with van der Waals surface area (Å²) in [4.78, 5) is 6.34. The third-order valence-electron chi connectivity index (χ3n) is 2.09. The number of imidazole rings is 1. The topological polar surface area (TPSA) is 28.7 Å². The molecule has 14 heavy (non-hydrogen) atoms. The first-order valence-corrected chi connectivity index (χ1v) is 4.00. The molecule has 2 nitrogen and oxygen atoms in total. The summed E-state index contributed by atoms with van der Waals surface area (Å²) < 4.78 is 37.4. The Morgan fingerprint density at radius 3 is 2.64 bits per heavy atom. The van der Waals surface area contributed by atoms with E-state index in [2.05, 4.69) is 9.97 Å². The molecule has 0 aliphatic carbocycles. The van der Waals surface area contributed by atoms with Gasteiger partial charge in [-0.3, -0.25) is 0 Å². The number of hydrogen-bond donors (Lipinski definition) is 1. The van der Waals surface area contributed by atoms with Crippen LogP contribution in [0.5, 0.6) is 0 Å². The molecule has 0 atom stereocenters. The predicted molar refractivity (Wildman–Crippen MR) is 45.8 cm³/mol. The zero-order valence-corrected chi connectivity index (χ0v) is 7.31. The summed E-state index contributed by atoms with van der Waals surface area (Å²) in [7, 11) is 0. The summed E-state index contributed by atoms with van der Waals surface area (Å²) in [5.41, 5.74) is 0.488. The number of rotatable bonds is 0. The fourth-order valence-corrected chi connectivity index (χ4v) is 1.41. The average Bonchev–Trinajstić information content (AvgIpc) is 2.50. The van der Waals surface area contributed by atoms with Crippen LogP contribution in [0.15, 0.2) is 18.5 Å². The quantitative estimate of drug-likeness (QED) is 0.695. The summed E-state index contributed by atoms with van der Waals surface area (Å²) in [5.74, 6) is 0. The van der Waals surface area contributed by atoms with Gasteiger partial charge in [0, 0.05) is 0 Å². The summed E-state index contributed by atoms with van der Waals surface area (Å²) in [5, 5.41) is 0. The van der Waals surface area contributed by atoms with E-state index < -0.39 is 11.7 Å². The van der Waals surface area contributed by atoms with Crippen molar-refractivity contribution >= 4 is 11.0 Å². The second-order valence-electron chi connectivity index (χ2n) is 3.05. The van der Waals surface area contributed by atoms with Crippen LogP contribution in [0, 0.1) is 6.92 Å². The number of aromatic nitrogens is 2. The number of nitrogens with zero attached hydrogens (tertiary/aromatic N) is 1. The monoisotopic (exact) mass is 200 g/mol. The molecule has 1 N–H and O–H groups in total. The zero-order valence-electron chi connectivity index (χ0n) is 7.31. The van der Waals surface area contributed by atoms with Gasteiger partial charge in [0.1, 0.15) is 0 Å². The van der Waals surface area contributed by atoms with Gasteiger partial charge in [-0.1, -0.05) is 6.07 Å². The Bertz CT molecular complexity index is 470. The van der Waals surface area contributed by atoms with Crippen molar-refractivity contribution in [3.05, 3.63) is 29.6 Å². The van der Waals surface area contributed by atoms with E-state index in [1.54, 1.807) is 6.92 Å². The van der Waals surface area contributed by atoms with Crippen molar-refractivity contribution < 1.29 is 13.2 Å². The Hall–Kier alpha value is -1.52. The van der Waals surface area contributed by atoms with Crippen molar-refractivity contribution in [3.8, 4) is 0 Å². The maximum absolute atomic E-state index is 12.5. The van der Waals surface area contributed by atoms with E-state index in [1.165, 1.54) is 12.4 Å². The lowest BCUT2D eigenvalue weighted by Crippen LogP contribution is -2.05. The summed E-state index contributed by atoms with van der Waals surface area (Å²) in [6.45, 7) is 1.73. The number of alkyl halides is 3. The van der Waals surface area contributed by atoms with Crippen LogP contribution in [0.1, 0.15) is 11.1 Å². The Labute approximate surface area is 77.8 Å². The molecular formula is C9H7F3N2. The second kappa shape index (κ2) is 2.73. The molecule has 0 radical (unpaired) electrons. The summed E-state index contributed by atoms with van der Waals surface area (Å²) in [6, 6.07) is 2.49. The molecule has 0 fully saturated rings. The van der Waals surface area contributed by atoms with Crippen LogP contribution in [-0.4, -0.2) is 9.97 Å². The van der Waals surface area contributed by atoms with Crippen LogP contribution in [0.3, 0.4) is 0 Å². The van der Waals surface area contributed by atoms with E-state index in [4.69, 9.17) is 0 Å². The number of benzene rings is 1. The van der Waals surface area contributed by atoms with Gasteiger partial charge < -0.3 is 4.98 Å². The molecule has 74 valence electrons. The Morgan fingerprint density at radius 2 is 2.00 bits per heavy atom. The SMILES string of the molecule is Cc1ccc(C(F)(F)F)c2[nH]cnc12. The minimum atomic E-state index is -4.33. The highest BCUT2D eigenvalue weighted by molar-refractivity contribution is 5.81. The van der Waals surface area contributed by atoms with Gasteiger partial charge in [0.05, 0.1) is 22.9 Å². The van der Waals surface area contributed by atoms with E-state index in [0.29, 0.717) is 5.52 Å². The van der Waals surface area contributed by atoms with Gasteiger partial charge in [0.2, 0.25) is 0 Å². The number of fused-ring (bicyclic) bond motifs is 1. The summed E-state index contributed by atoms with van der Waals surface area (Å²) >= 11 is 0. The van der Waals surface area contributed by atoms with Crippen LogP contribution in [-0.2, 0) is 6.18 Å². The predicted octanol–water partition coefficient (Wildman–Crippen LogP) is 2.89. The van der Waals surface area contributed by atoms with E-state index in [9.17, 15) is 13.2 Å². The van der Waals surface area contributed by atoms with Crippen molar-refractivity contribution in [2.24, 2.45) is 0 Å². The van der Waals surface area contributed by atoms with Crippen molar-refractivity contribution in [1.82, 2.24) is 9.97 Å². The van der Waals surface area contributed by atoms with E-state index in [0.717, 1.165) is 11.6 Å². The van der Waals surface area contributed by atoms with Gasteiger partial charge in [-0.2, -0.15) is 13.2 Å². The van der Waals surface area contributed by atoms with Gasteiger partial charge in [-0.25, -0.2) is 4.98 Å². The molecule has 1 heterocycles. The van der Waals surface area contributed by atoms with Gasteiger partial charge in [-0.15, -0.1) is 0 Å². The fraction of sp³-hybridized carbons (Fsp3) is 0.222. The lowest BCUT2D eigenvalue weighted by Gasteiger charge is -2.07. The Balaban J connectivity index is 2.80. The number of nitrogens with one attached hydrogen (secondary N) is 1. The molecule has 0 saturated carbocycles. The highest BCUT2D eigenvalue weighted by Crippen LogP contribution is 2.34. The van der Waals surface area contributed by atoms with Crippen molar-refractivity contribution in [3.63, 3.8) is 0 Å². The third kappa shape index (κ3) is 1.25. The first-order chi connectivity index (χ1) is 6.50. The normalized spacial score (nSPS) is 12.3. The maximum Gasteiger partial charge on any atom is 0.418 e. The molecule has 5 heteroatoms. The number of aromatic amines is 1. The van der Waals surface area contributed by atoms with Crippen LogP contribution in [0.2, 0.25) is 0 Å². The molecule has 0 bridgehead atoms. The van der Waals surface area contributed by atoms with E-state index in [-0.39, 0.29) is 5.52 Å². The van der Waals surface area contributed by atoms with Crippen LogP contribution in [0.4, 0.5) is 13.2 Å². The average molecular weight is 200 g/mol. The Kier molecular flexibility index (Phi) is 1.77. The fourth-order valence-electron chi connectivity index (χ4n) is 1.41. The Morgan fingerprint density at radius 1 is 1.29 bits per heavy atom. The van der Waals surface area contributed by atoms with Crippen LogP contribution < -0.4 is 0 Å². The minimum absolute atomic E-state index is 0.0532. The maximum atomic E-state index is 12.5. The lowest BCUT2D eigenvalue weighted by atomic mass is 10.1. The van der Waals surface area contributed by atoms with Gasteiger partial charge >= 0.3 is 6.18 Å². The number of aryl methyl sites for hydroxylation is 1. The number of H-pyrrole nitrogens is 1. The van der Waals surface area contributed by atoms with Crippen molar-refractivity contribution in [2.75, 3.05) is 0 Å². The molecule has 1 aromatic carbocycles. The number of hydrogen-bond acceptors (Lipinski definition) is 1.